The molecule has 1 aliphatic carbocycles. The highest BCUT2D eigenvalue weighted by Gasteiger charge is 2.35. The number of furan rings is 1. The fourth-order valence-electron chi connectivity index (χ4n) is 2.85. The van der Waals surface area contributed by atoms with Gasteiger partial charge in [-0.3, -0.25) is 0 Å². The Labute approximate surface area is 127 Å². The molecule has 0 atom stereocenters. The van der Waals surface area contributed by atoms with E-state index < -0.39 is 10.0 Å². The lowest BCUT2D eigenvalue weighted by atomic mass is 9.76. The van der Waals surface area contributed by atoms with Crippen LogP contribution in [-0.2, 0) is 16.6 Å². The minimum Gasteiger partial charge on any atom is -0.447 e. The van der Waals surface area contributed by atoms with Crippen molar-refractivity contribution in [3.8, 4) is 0 Å². The van der Waals surface area contributed by atoms with Gasteiger partial charge in [0.05, 0.1) is 6.54 Å². The smallest absolute Gasteiger partial charge is 0.276 e. The molecule has 1 aromatic rings. The van der Waals surface area contributed by atoms with Crippen molar-refractivity contribution < 1.29 is 12.8 Å². The van der Waals surface area contributed by atoms with Crippen LogP contribution in [0.4, 0.5) is 0 Å². The Hall–Kier alpha value is -0.850. The van der Waals surface area contributed by atoms with Gasteiger partial charge in [0.2, 0.25) is 5.09 Å². The van der Waals surface area contributed by atoms with Crippen molar-refractivity contribution in [3.63, 3.8) is 0 Å². The van der Waals surface area contributed by atoms with Gasteiger partial charge in [0.15, 0.2) is 0 Å². The Bertz CT molecular complexity index is 567. The average Bonchev–Trinajstić information content (AvgIpc) is 2.88. The number of rotatable bonds is 5. The van der Waals surface area contributed by atoms with Crippen LogP contribution < -0.4 is 5.32 Å². The Morgan fingerprint density at radius 2 is 1.95 bits per heavy atom. The minimum atomic E-state index is -3.53. The number of sulfonamides is 1. The van der Waals surface area contributed by atoms with Crippen LogP contribution in [0.3, 0.4) is 0 Å². The molecule has 1 aliphatic rings. The largest absolute Gasteiger partial charge is 0.447 e. The van der Waals surface area contributed by atoms with E-state index >= 15 is 0 Å². The van der Waals surface area contributed by atoms with E-state index in [9.17, 15) is 8.42 Å². The molecule has 5 nitrogen and oxygen atoms in total. The van der Waals surface area contributed by atoms with Crippen molar-refractivity contribution in [1.29, 1.82) is 0 Å². The predicted octanol–water partition coefficient (Wildman–Crippen LogP) is 2.59. The SMILES string of the molecule is CNCc1ccc(S(=O)(=O)N(C)C2CCC(C)(C)CC2)o1. The van der Waals surface area contributed by atoms with E-state index in [1.807, 2.05) is 0 Å². The maximum atomic E-state index is 12.6. The Kier molecular flexibility index (Phi) is 4.80. The zero-order chi connectivity index (χ0) is 15.7. The van der Waals surface area contributed by atoms with Gasteiger partial charge in [-0.05, 0) is 50.3 Å². The van der Waals surface area contributed by atoms with E-state index in [-0.39, 0.29) is 11.1 Å². The molecule has 1 N–H and O–H groups in total. The van der Waals surface area contributed by atoms with Crippen LogP contribution in [-0.4, -0.2) is 32.9 Å². The molecule has 0 spiro atoms. The summed E-state index contributed by atoms with van der Waals surface area (Å²) in [6.07, 6.45) is 3.93. The first kappa shape index (κ1) is 16.5. The molecule has 6 heteroatoms. The van der Waals surface area contributed by atoms with Crippen molar-refractivity contribution in [2.75, 3.05) is 14.1 Å². The maximum Gasteiger partial charge on any atom is 0.276 e. The lowest BCUT2D eigenvalue weighted by Crippen LogP contribution is -2.40. The molecule has 0 bridgehead atoms. The van der Waals surface area contributed by atoms with Crippen LogP contribution >= 0.6 is 0 Å². The molecule has 0 unspecified atom stereocenters. The highest BCUT2D eigenvalue weighted by molar-refractivity contribution is 7.89. The zero-order valence-corrected chi connectivity index (χ0v) is 14.2. The summed E-state index contributed by atoms with van der Waals surface area (Å²) in [5.74, 6) is 0.634. The summed E-state index contributed by atoms with van der Waals surface area (Å²) in [6.45, 7) is 5.01. The highest BCUT2D eigenvalue weighted by Crippen LogP contribution is 2.37. The van der Waals surface area contributed by atoms with Crippen LogP contribution in [0, 0.1) is 5.41 Å². The average molecular weight is 314 g/mol. The van der Waals surface area contributed by atoms with Gasteiger partial charge in [-0.25, -0.2) is 8.42 Å². The zero-order valence-electron chi connectivity index (χ0n) is 13.3. The number of hydrogen-bond acceptors (Lipinski definition) is 4. The van der Waals surface area contributed by atoms with E-state index in [0.29, 0.717) is 17.7 Å². The molecule has 120 valence electrons. The van der Waals surface area contributed by atoms with Crippen LogP contribution in [0.15, 0.2) is 21.6 Å². The summed E-state index contributed by atoms with van der Waals surface area (Å²) < 4.78 is 32.2. The second-order valence-corrected chi connectivity index (χ2v) is 8.60. The van der Waals surface area contributed by atoms with Gasteiger partial charge >= 0.3 is 0 Å². The van der Waals surface area contributed by atoms with Gasteiger partial charge in [0, 0.05) is 13.1 Å². The van der Waals surface area contributed by atoms with Crippen molar-refractivity contribution in [1.82, 2.24) is 9.62 Å². The Balaban J connectivity index is 2.11. The summed E-state index contributed by atoms with van der Waals surface area (Å²) in [5, 5.41) is 2.99. The lowest BCUT2D eigenvalue weighted by molar-refractivity contribution is 0.172. The van der Waals surface area contributed by atoms with Crippen molar-refractivity contribution >= 4 is 10.0 Å². The fourth-order valence-corrected chi connectivity index (χ4v) is 4.19. The molecule has 0 radical (unpaired) electrons. The lowest BCUT2D eigenvalue weighted by Gasteiger charge is -2.37. The van der Waals surface area contributed by atoms with Gasteiger partial charge < -0.3 is 9.73 Å². The van der Waals surface area contributed by atoms with Crippen molar-refractivity contribution in [3.05, 3.63) is 17.9 Å². The fraction of sp³-hybridized carbons (Fsp3) is 0.733. The molecule has 0 aliphatic heterocycles. The van der Waals surface area contributed by atoms with Gasteiger partial charge in [-0.2, -0.15) is 4.31 Å². The standard InChI is InChI=1S/C15H26N2O3S/c1-15(2)9-7-12(8-10-15)17(4)21(18,19)14-6-5-13(20-14)11-16-3/h5-6,12,16H,7-11H2,1-4H3. The molecule has 2 rings (SSSR count). The normalized spacial score (nSPS) is 20.0. The summed E-state index contributed by atoms with van der Waals surface area (Å²) in [7, 11) is -0.0710. The first-order valence-corrected chi connectivity index (χ1v) is 8.92. The first-order valence-electron chi connectivity index (χ1n) is 7.48. The van der Waals surface area contributed by atoms with E-state index in [0.717, 1.165) is 25.7 Å². The van der Waals surface area contributed by atoms with E-state index in [1.165, 1.54) is 4.31 Å². The summed E-state index contributed by atoms with van der Waals surface area (Å²) in [5.41, 5.74) is 0.325. The van der Waals surface area contributed by atoms with Crippen molar-refractivity contribution in [2.24, 2.45) is 5.41 Å². The van der Waals surface area contributed by atoms with Gasteiger partial charge in [-0.15, -0.1) is 0 Å². The number of nitrogens with zero attached hydrogens (tertiary/aromatic N) is 1. The van der Waals surface area contributed by atoms with Crippen molar-refractivity contribution in [2.45, 2.75) is 57.2 Å². The molecule has 1 heterocycles. The molecule has 0 saturated heterocycles. The van der Waals surface area contributed by atoms with Crippen LogP contribution in [0.5, 0.6) is 0 Å². The summed E-state index contributed by atoms with van der Waals surface area (Å²) in [4.78, 5) is 0. The number of hydrogen-bond donors (Lipinski definition) is 1. The molecule has 0 amide bonds. The quantitative estimate of drug-likeness (QED) is 0.907. The van der Waals surface area contributed by atoms with E-state index in [2.05, 4.69) is 19.2 Å². The van der Waals surface area contributed by atoms with Crippen LogP contribution in [0.1, 0.15) is 45.3 Å². The third-order valence-corrected chi connectivity index (χ3v) is 6.23. The molecular formula is C15H26N2O3S. The molecule has 1 fully saturated rings. The molecular weight excluding hydrogens is 288 g/mol. The van der Waals surface area contributed by atoms with Crippen LogP contribution in [0.25, 0.3) is 0 Å². The first-order chi connectivity index (χ1) is 9.76. The highest BCUT2D eigenvalue weighted by atomic mass is 32.2. The Morgan fingerprint density at radius 1 is 1.33 bits per heavy atom. The summed E-state index contributed by atoms with van der Waals surface area (Å²) in [6, 6.07) is 3.33. The van der Waals surface area contributed by atoms with Gasteiger partial charge in [0.1, 0.15) is 5.76 Å². The topological polar surface area (TPSA) is 62.6 Å². The predicted molar refractivity (Wildman–Crippen MR) is 82.5 cm³/mol. The monoisotopic (exact) mass is 314 g/mol. The Morgan fingerprint density at radius 3 is 2.52 bits per heavy atom. The third kappa shape index (κ3) is 3.67. The number of nitrogens with one attached hydrogen (secondary N) is 1. The molecule has 1 aromatic heterocycles. The van der Waals surface area contributed by atoms with E-state index in [4.69, 9.17) is 4.42 Å². The van der Waals surface area contributed by atoms with Crippen LogP contribution in [0.2, 0.25) is 0 Å². The summed E-state index contributed by atoms with van der Waals surface area (Å²) >= 11 is 0. The van der Waals surface area contributed by atoms with E-state index in [1.54, 1.807) is 26.2 Å². The van der Waals surface area contributed by atoms with Gasteiger partial charge in [-0.1, -0.05) is 13.8 Å². The second kappa shape index (κ2) is 6.10. The second-order valence-electron chi connectivity index (χ2n) is 6.67. The molecule has 1 saturated carbocycles. The molecule has 0 aromatic carbocycles. The molecule has 21 heavy (non-hydrogen) atoms. The third-order valence-electron chi connectivity index (χ3n) is 4.44. The van der Waals surface area contributed by atoms with Gasteiger partial charge in [0.25, 0.3) is 10.0 Å². The maximum absolute atomic E-state index is 12.6. The minimum absolute atomic E-state index is 0.0417.